The Balaban J connectivity index is 2.48. The van der Waals surface area contributed by atoms with Crippen LogP contribution in [0.15, 0.2) is 27.9 Å². The zero-order chi connectivity index (χ0) is 10.3. The van der Waals surface area contributed by atoms with Crippen molar-refractivity contribution in [2.45, 2.75) is 33.6 Å². The van der Waals surface area contributed by atoms with Crippen LogP contribution in [0.3, 0.4) is 0 Å². The van der Waals surface area contributed by atoms with Gasteiger partial charge in [-0.15, -0.1) is 0 Å². The van der Waals surface area contributed by atoms with E-state index in [0.29, 0.717) is 0 Å². The second-order valence-corrected chi connectivity index (χ2v) is 5.11. The van der Waals surface area contributed by atoms with Gasteiger partial charge in [-0.05, 0) is 30.9 Å². The molecule has 0 bridgehead atoms. The molecule has 0 N–H and O–H groups in total. The van der Waals surface area contributed by atoms with Crippen molar-refractivity contribution in [1.29, 1.82) is 0 Å². The fourth-order valence-electron chi connectivity index (χ4n) is 2.31. The lowest BCUT2D eigenvalue weighted by Crippen LogP contribution is -2.23. The Morgan fingerprint density at radius 3 is 2.86 bits per heavy atom. The summed E-state index contributed by atoms with van der Waals surface area (Å²) < 4.78 is 0. The molecule has 0 saturated heterocycles. The first-order valence-electron chi connectivity index (χ1n) is 5.12. The number of halogens is 1. The molecule has 0 aromatic carbocycles. The highest BCUT2D eigenvalue weighted by atomic mass is 79.9. The van der Waals surface area contributed by atoms with E-state index in [1.165, 1.54) is 22.6 Å². The minimum atomic E-state index is 0.148. The van der Waals surface area contributed by atoms with Gasteiger partial charge in [0.2, 0.25) is 0 Å². The van der Waals surface area contributed by atoms with Crippen molar-refractivity contribution in [3.63, 3.8) is 0 Å². The molecule has 0 amide bonds. The standard InChI is InChI=1S/C12H16BrN/c1-8-12(2,3)11-9(7-13)5-4-6-10(11)14-8/h5H,4,6-7H2,1-3H3. The molecular formula is C12H16BrN. The van der Waals surface area contributed by atoms with Gasteiger partial charge in [-0.2, -0.15) is 0 Å². The van der Waals surface area contributed by atoms with Crippen LogP contribution in [0.2, 0.25) is 0 Å². The Bertz CT molecular complexity index is 359. The Hall–Kier alpha value is -0.370. The Labute approximate surface area is 94.1 Å². The Morgan fingerprint density at radius 2 is 2.21 bits per heavy atom. The molecular weight excluding hydrogens is 238 g/mol. The van der Waals surface area contributed by atoms with Crippen molar-refractivity contribution < 1.29 is 0 Å². The summed E-state index contributed by atoms with van der Waals surface area (Å²) in [6.45, 7) is 6.69. The predicted octanol–water partition coefficient (Wildman–Crippen LogP) is 3.86. The third-order valence-electron chi connectivity index (χ3n) is 3.36. The number of hydrogen-bond acceptors (Lipinski definition) is 1. The molecule has 0 atom stereocenters. The summed E-state index contributed by atoms with van der Waals surface area (Å²) in [6.07, 6.45) is 4.61. The molecule has 0 saturated carbocycles. The van der Waals surface area contributed by atoms with Crippen molar-refractivity contribution in [3.05, 3.63) is 22.9 Å². The van der Waals surface area contributed by atoms with Crippen LogP contribution in [0.25, 0.3) is 0 Å². The van der Waals surface area contributed by atoms with Gasteiger partial charge in [-0.25, -0.2) is 0 Å². The number of allylic oxidation sites excluding steroid dienone is 4. The highest BCUT2D eigenvalue weighted by Gasteiger charge is 2.36. The average Bonchev–Trinajstić information content (AvgIpc) is 2.38. The van der Waals surface area contributed by atoms with E-state index in [9.17, 15) is 0 Å². The van der Waals surface area contributed by atoms with Crippen LogP contribution in [-0.4, -0.2) is 11.0 Å². The van der Waals surface area contributed by atoms with E-state index < -0.39 is 0 Å². The first kappa shape index (κ1) is 10.2. The maximum absolute atomic E-state index is 4.70. The molecule has 1 aliphatic carbocycles. The summed E-state index contributed by atoms with van der Waals surface area (Å²) in [7, 11) is 0. The number of nitrogens with zero attached hydrogens (tertiary/aromatic N) is 1. The van der Waals surface area contributed by atoms with Crippen LogP contribution >= 0.6 is 15.9 Å². The van der Waals surface area contributed by atoms with Crippen LogP contribution in [0.1, 0.15) is 33.6 Å². The third-order valence-corrected chi connectivity index (χ3v) is 3.96. The number of alkyl halides is 1. The lowest BCUT2D eigenvalue weighted by Gasteiger charge is -2.27. The van der Waals surface area contributed by atoms with Gasteiger partial charge in [0.1, 0.15) is 0 Å². The van der Waals surface area contributed by atoms with Crippen molar-refractivity contribution in [2.24, 2.45) is 10.4 Å². The minimum absolute atomic E-state index is 0.148. The zero-order valence-corrected chi connectivity index (χ0v) is 10.6. The summed E-state index contributed by atoms with van der Waals surface area (Å²) in [5.41, 5.74) is 5.64. The molecule has 1 aliphatic heterocycles. The van der Waals surface area contributed by atoms with E-state index in [-0.39, 0.29) is 5.41 Å². The second-order valence-electron chi connectivity index (χ2n) is 4.55. The van der Waals surface area contributed by atoms with E-state index in [0.717, 1.165) is 18.2 Å². The number of aliphatic imine (C=N–C) groups is 1. The summed E-state index contributed by atoms with van der Waals surface area (Å²) in [5, 5.41) is 0.956. The van der Waals surface area contributed by atoms with Gasteiger partial charge >= 0.3 is 0 Å². The maximum atomic E-state index is 4.70. The predicted molar refractivity (Wildman–Crippen MR) is 65.0 cm³/mol. The normalized spacial score (nSPS) is 24.6. The third kappa shape index (κ3) is 1.31. The fraction of sp³-hybridized carbons (Fsp3) is 0.583. The molecule has 14 heavy (non-hydrogen) atoms. The number of rotatable bonds is 1. The molecule has 76 valence electrons. The van der Waals surface area contributed by atoms with Crippen LogP contribution in [0.4, 0.5) is 0 Å². The van der Waals surface area contributed by atoms with E-state index in [1.54, 1.807) is 0 Å². The molecule has 0 aromatic heterocycles. The summed E-state index contributed by atoms with van der Waals surface area (Å²) >= 11 is 3.57. The molecule has 2 rings (SSSR count). The molecule has 2 heteroatoms. The quantitative estimate of drug-likeness (QED) is 0.630. The molecule has 0 radical (unpaired) electrons. The molecule has 0 spiro atoms. The van der Waals surface area contributed by atoms with E-state index in [2.05, 4.69) is 42.8 Å². The second kappa shape index (κ2) is 3.34. The van der Waals surface area contributed by atoms with Gasteiger partial charge in [0, 0.05) is 22.2 Å². The fourth-order valence-corrected chi connectivity index (χ4v) is 2.82. The number of hydrogen-bond donors (Lipinski definition) is 0. The maximum Gasteiger partial charge on any atom is 0.0450 e. The molecule has 1 heterocycles. The van der Waals surface area contributed by atoms with Gasteiger partial charge in [-0.3, -0.25) is 4.99 Å². The summed E-state index contributed by atoms with van der Waals surface area (Å²) in [5.74, 6) is 0. The van der Waals surface area contributed by atoms with Crippen molar-refractivity contribution in [3.8, 4) is 0 Å². The Kier molecular flexibility index (Phi) is 2.42. The average molecular weight is 254 g/mol. The topological polar surface area (TPSA) is 12.4 Å². The lowest BCUT2D eigenvalue weighted by atomic mass is 9.76. The van der Waals surface area contributed by atoms with Crippen LogP contribution in [0.5, 0.6) is 0 Å². The molecule has 2 aliphatic rings. The van der Waals surface area contributed by atoms with Gasteiger partial charge in [-0.1, -0.05) is 35.9 Å². The summed E-state index contributed by atoms with van der Waals surface area (Å²) in [6, 6.07) is 0. The van der Waals surface area contributed by atoms with E-state index >= 15 is 0 Å². The highest BCUT2D eigenvalue weighted by molar-refractivity contribution is 9.09. The molecule has 1 nitrogen and oxygen atoms in total. The van der Waals surface area contributed by atoms with Gasteiger partial charge < -0.3 is 0 Å². The largest absolute Gasteiger partial charge is 0.261 e. The van der Waals surface area contributed by atoms with Gasteiger partial charge in [0.25, 0.3) is 0 Å². The van der Waals surface area contributed by atoms with Crippen molar-refractivity contribution >= 4 is 21.6 Å². The highest BCUT2D eigenvalue weighted by Crippen LogP contribution is 2.45. The van der Waals surface area contributed by atoms with Crippen LogP contribution in [0, 0.1) is 5.41 Å². The van der Waals surface area contributed by atoms with E-state index in [1.807, 2.05) is 0 Å². The van der Waals surface area contributed by atoms with Crippen LogP contribution in [-0.2, 0) is 0 Å². The smallest absolute Gasteiger partial charge is 0.0450 e. The van der Waals surface area contributed by atoms with Crippen LogP contribution < -0.4 is 0 Å². The first-order valence-corrected chi connectivity index (χ1v) is 6.24. The lowest BCUT2D eigenvalue weighted by molar-refractivity contribution is 0.634. The molecule has 0 aromatic rings. The summed E-state index contributed by atoms with van der Waals surface area (Å²) in [4.78, 5) is 4.70. The molecule has 0 unspecified atom stereocenters. The monoisotopic (exact) mass is 253 g/mol. The van der Waals surface area contributed by atoms with E-state index in [4.69, 9.17) is 4.99 Å². The van der Waals surface area contributed by atoms with Crippen molar-refractivity contribution in [2.75, 3.05) is 5.33 Å². The first-order chi connectivity index (χ1) is 6.57. The minimum Gasteiger partial charge on any atom is -0.261 e. The Morgan fingerprint density at radius 1 is 1.50 bits per heavy atom. The SMILES string of the molecule is CC1=NC2=C(C(CBr)=CCC2)C1(C)C. The zero-order valence-electron chi connectivity index (χ0n) is 9.02. The van der Waals surface area contributed by atoms with Crippen molar-refractivity contribution in [1.82, 2.24) is 0 Å². The molecule has 0 fully saturated rings. The van der Waals surface area contributed by atoms with Gasteiger partial charge in [0.15, 0.2) is 0 Å². The van der Waals surface area contributed by atoms with Gasteiger partial charge in [0.05, 0.1) is 0 Å².